The Morgan fingerprint density at radius 2 is 2.41 bits per heavy atom. The van der Waals surface area contributed by atoms with E-state index in [-0.39, 0.29) is 5.78 Å². The van der Waals surface area contributed by atoms with Crippen molar-refractivity contribution in [3.63, 3.8) is 0 Å². The van der Waals surface area contributed by atoms with Gasteiger partial charge in [-0.3, -0.25) is 9.48 Å². The molecule has 2 N–H and O–H groups in total. The molecule has 0 amide bonds. The van der Waals surface area contributed by atoms with Crippen LogP contribution in [0, 0.1) is 0 Å². The lowest BCUT2D eigenvalue weighted by atomic mass is 10.1. The molecule has 0 saturated heterocycles. The van der Waals surface area contributed by atoms with Crippen molar-refractivity contribution in [3.8, 4) is 0 Å². The molecule has 0 aliphatic carbocycles. The molecule has 1 aromatic heterocycles. The Morgan fingerprint density at radius 1 is 1.71 bits per heavy atom. The molecule has 1 heterocycles. The minimum Gasteiger partial charge on any atom is -0.385 e. The maximum Gasteiger partial charge on any atom is 0.199 e. The third-order valence-corrected chi connectivity index (χ3v) is 2.71. The van der Waals surface area contributed by atoms with Crippen molar-refractivity contribution in [1.29, 1.82) is 0 Å². The van der Waals surface area contributed by atoms with Crippen molar-refractivity contribution in [3.05, 3.63) is 16.9 Å². The molecule has 0 aliphatic rings. The van der Waals surface area contributed by atoms with Crippen molar-refractivity contribution in [2.75, 3.05) is 13.7 Å². The topological polar surface area (TPSA) is 70.1 Å². The molecule has 0 radical (unpaired) electrons. The van der Waals surface area contributed by atoms with Crippen molar-refractivity contribution < 1.29 is 9.53 Å². The van der Waals surface area contributed by atoms with Crippen LogP contribution in [0.2, 0.25) is 5.02 Å². The normalized spacial score (nSPS) is 12.7. The van der Waals surface area contributed by atoms with Crippen LogP contribution in [-0.2, 0) is 11.3 Å². The highest BCUT2D eigenvalue weighted by atomic mass is 35.5. The van der Waals surface area contributed by atoms with Gasteiger partial charge in [-0.2, -0.15) is 5.10 Å². The van der Waals surface area contributed by atoms with E-state index >= 15 is 0 Å². The number of aromatic nitrogens is 2. The van der Waals surface area contributed by atoms with Gasteiger partial charge in [0.15, 0.2) is 5.78 Å². The predicted octanol–water partition coefficient (Wildman–Crippen LogP) is 1.49. The average molecular weight is 260 g/mol. The quantitative estimate of drug-likeness (QED) is 0.754. The lowest BCUT2D eigenvalue weighted by Crippen LogP contribution is -2.33. The minimum atomic E-state index is -0.597. The molecule has 17 heavy (non-hydrogen) atoms. The molecule has 1 rings (SSSR count). The second-order valence-electron chi connectivity index (χ2n) is 3.82. The SMILES string of the molecule is CCCn1ncc(Cl)c1C(=O)C(N)CCOC. The van der Waals surface area contributed by atoms with Crippen LogP contribution in [0.15, 0.2) is 6.20 Å². The molecule has 6 heteroatoms. The number of methoxy groups -OCH3 is 1. The fraction of sp³-hybridized carbons (Fsp3) is 0.636. The van der Waals surface area contributed by atoms with Crippen molar-refractivity contribution in [2.24, 2.45) is 5.73 Å². The number of hydrogen-bond acceptors (Lipinski definition) is 4. The number of nitrogens with two attached hydrogens (primary N) is 1. The van der Waals surface area contributed by atoms with Crippen LogP contribution >= 0.6 is 11.6 Å². The monoisotopic (exact) mass is 259 g/mol. The first-order chi connectivity index (χ1) is 8.11. The van der Waals surface area contributed by atoms with Gasteiger partial charge in [-0.25, -0.2) is 0 Å². The number of Topliss-reactive ketones (excluding diaryl/α,β-unsaturated/α-hetero) is 1. The van der Waals surface area contributed by atoms with Crippen molar-refractivity contribution in [1.82, 2.24) is 9.78 Å². The van der Waals surface area contributed by atoms with Crippen LogP contribution < -0.4 is 5.73 Å². The number of aryl methyl sites for hydroxylation is 1. The van der Waals surface area contributed by atoms with Gasteiger partial charge >= 0.3 is 0 Å². The van der Waals surface area contributed by atoms with Crippen molar-refractivity contribution in [2.45, 2.75) is 32.4 Å². The standard InChI is InChI=1S/C11H18ClN3O2/c1-3-5-15-10(8(12)7-14-15)11(16)9(13)4-6-17-2/h7,9H,3-6,13H2,1-2H3. The highest BCUT2D eigenvalue weighted by Gasteiger charge is 2.22. The number of carbonyl (C=O) groups excluding carboxylic acids is 1. The molecule has 0 saturated carbocycles. The van der Waals surface area contributed by atoms with Crippen molar-refractivity contribution >= 4 is 17.4 Å². The molecule has 5 nitrogen and oxygen atoms in total. The Labute approximate surface area is 106 Å². The Hall–Kier alpha value is -0.910. The lowest BCUT2D eigenvalue weighted by molar-refractivity contribution is 0.0924. The van der Waals surface area contributed by atoms with E-state index < -0.39 is 6.04 Å². The van der Waals surface area contributed by atoms with Crippen LogP contribution in [0.25, 0.3) is 0 Å². The number of nitrogens with zero attached hydrogens (tertiary/aromatic N) is 2. The Balaban J connectivity index is 2.83. The summed E-state index contributed by atoms with van der Waals surface area (Å²) in [5, 5.41) is 4.42. The zero-order valence-corrected chi connectivity index (χ0v) is 10.9. The summed E-state index contributed by atoms with van der Waals surface area (Å²) < 4.78 is 6.51. The summed E-state index contributed by atoms with van der Waals surface area (Å²) in [7, 11) is 1.57. The number of ether oxygens (including phenoxy) is 1. The Morgan fingerprint density at radius 3 is 3.00 bits per heavy atom. The van der Waals surface area contributed by atoms with Gasteiger partial charge in [-0.05, 0) is 12.8 Å². The minimum absolute atomic E-state index is 0.182. The second-order valence-corrected chi connectivity index (χ2v) is 4.22. The number of halogens is 1. The Bertz CT molecular complexity index is 379. The smallest absolute Gasteiger partial charge is 0.199 e. The van der Waals surface area contributed by atoms with Gasteiger partial charge in [0, 0.05) is 20.3 Å². The number of carbonyl (C=O) groups is 1. The summed E-state index contributed by atoms with van der Waals surface area (Å²) in [6, 6.07) is -0.597. The van der Waals surface area contributed by atoms with Gasteiger partial charge in [0.25, 0.3) is 0 Å². The average Bonchev–Trinajstić information content (AvgIpc) is 2.67. The molecule has 0 fully saturated rings. The van der Waals surface area contributed by atoms with Gasteiger partial charge in [0.05, 0.1) is 17.3 Å². The van der Waals surface area contributed by atoms with Gasteiger partial charge in [0.2, 0.25) is 0 Å². The summed E-state index contributed by atoms with van der Waals surface area (Å²) in [5.74, 6) is -0.182. The number of hydrogen-bond donors (Lipinski definition) is 1. The van der Waals surface area contributed by atoms with Gasteiger partial charge in [-0.15, -0.1) is 0 Å². The van der Waals surface area contributed by atoms with E-state index in [0.29, 0.717) is 30.3 Å². The highest BCUT2D eigenvalue weighted by molar-refractivity contribution is 6.33. The number of rotatable bonds is 7. The molecule has 0 bridgehead atoms. The number of ketones is 1. The zero-order chi connectivity index (χ0) is 12.8. The molecular formula is C11H18ClN3O2. The molecular weight excluding hydrogens is 242 g/mol. The molecule has 0 aliphatic heterocycles. The van der Waals surface area contributed by atoms with E-state index in [1.165, 1.54) is 6.20 Å². The maximum atomic E-state index is 12.1. The molecule has 1 atom stereocenters. The summed E-state index contributed by atoms with van der Waals surface area (Å²) in [5.41, 5.74) is 6.20. The van der Waals surface area contributed by atoms with E-state index in [4.69, 9.17) is 22.1 Å². The summed E-state index contributed by atoms with van der Waals surface area (Å²) in [6.07, 6.45) is 2.84. The van der Waals surface area contributed by atoms with Gasteiger partial charge < -0.3 is 10.5 Å². The van der Waals surface area contributed by atoms with Crippen LogP contribution in [0.5, 0.6) is 0 Å². The first-order valence-corrected chi connectivity index (χ1v) is 5.99. The third-order valence-electron chi connectivity index (χ3n) is 2.43. The Kier molecular flexibility index (Phi) is 5.61. The maximum absolute atomic E-state index is 12.1. The van der Waals surface area contributed by atoms with E-state index in [9.17, 15) is 4.79 Å². The van der Waals surface area contributed by atoms with Crippen LogP contribution in [0.4, 0.5) is 0 Å². The molecule has 0 aromatic carbocycles. The van der Waals surface area contributed by atoms with E-state index in [1.807, 2.05) is 6.92 Å². The fourth-order valence-corrected chi connectivity index (χ4v) is 1.77. The highest BCUT2D eigenvalue weighted by Crippen LogP contribution is 2.17. The predicted molar refractivity (Wildman–Crippen MR) is 66.3 cm³/mol. The van der Waals surface area contributed by atoms with E-state index in [2.05, 4.69) is 5.10 Å². The molecule has 1 unspecified atom stereocenters. The van der Waals surface area contributed by atoms with Gasteiger partial charge in [0.1, 0.15) is 5.69 Å². The first-order valence-electron chi connectivity index (χ1n) is 5.61. The largest absolute Gasteiger partial charge is 0.385 e. The zero-order valence-electron chi connectivity index (χ0n) is 10.1. The summed E-state index contributed by atoms with van der Waals surface area (Å²) >= 11 is 5.96. The summed E-state index contributed by atoms with van der Waals surface area (Å²) in [6.45, 7) is 3.12. The fourth-order valence-electron chi connectivity index (χ4n) is 1.54. The lowest BCUT2D eigenvalue weighted by Gasteiger charge is -2.11. The molecule has 1 aromatic rings. The summed E-state index contributed by atoms with van der Waals surface area (Å²) in [4.78, 5) is 12.1. The first kappa shape index (κ1) is 14.2. The van der Waals surface area contributed by atoms with Crippen LogP contribution in [-0.4, -0.2) is 35.3 Å². The second kappa shape index (κ2) is 6.74. The molecule has 96 valence electrons. The van der Waals surface area contributed by atoms with E-state index in [1.54, 1.807) is 11.8 Å². The molecule has 0 spiro atoms. The van der Waals surface area contributed by atoms with Crippen LogP contribution in [0.3, 0.4) is 0 Å². The third kappa shape index (κ3) is 3.52. The van der Waals surface area contributed by atoms with E-state index in [0.717, 1.165) is 6.42 Å². The van der Waals surface area contributed by atoms with Crippen LogP contribution in [0.1, 0.15) is 30.3 Å². The van der Waals surface area contributed by atoms with Gasteiger partial charge in [-0.1, -0.05) is 18.5 Å².